The fourth-order valence-electron chi connectivity index (χ4n) is 2.03. The summed E-state index contributed by atoms with van der Waals surface area (Å²) in [6.07, 6.45) is 2.94. The second-order valence-electron chi connectivity index (χ2n) is 3.76. The number of rotatable bonds is 4. The van der Waals surface area contributed by atoms with Gasteiger partial charge in [0, 0.05) is 13.7 Å². The average Bonchev–Trinajstić information content (AvgIpc) is 2.19. The van der Waals surface area contributed by atoms with Crippen molar-refractivity contribution in [2.75, 3.05) is 20.2 Å². The first-order valence-corrected chi connectivity index (χ1v) is 5.18. The summed E-state index contributed by atoms with van der Waals surface area (Å²) in [6, 6.07) is -0.340. The molecule has 0 aliphatic carbocycles. The predicted molar refractivity (Wildman–Crippen MR) is 53.3 cm³/mol. The van der Waals surface area contributed by atoms with Gasteiger partial charge in [0.15, 0.2) is 0 Å². The van der Waals surface area contributed by atoms with Crippen LogP contribution in [0.3, 0.4) is 0 Å². The molecule has 0 unspecified atom stereocenters. The van der Waals surface area contributed by atoms with Gasteiger partial charge < -0.3 is 9.84 Å². The standard InChI is InChI=1S/C10H19NO3/c1-3-9(10(12)13)11-6-4-5-8(7-11)14-2/h8-9H,3-7H2,1-2H3,(H,12,13)/t8-,9+/m0/s1. The Morgan fingerprint density at radius 2 is 2.43 bits per heavy atom. The van der Waals surface area contributed by atoms with Gasteiger partial charge in [-0.25, -0.2) is 0 Å². The SMILES string of the molecule is CC[C@H](C(=O)O)N1CCC[C@H](OC)C1. The van der Waals surface area contributed by atoms with Crippen LogP contribution in [0.4, 0.5) is 0 Å². The topological polar surface area (TPSA) is 49.8 Å². The summed E-state index contributed by atoms with van der Waals surface area (Å²) in [4.78, 5) is 13.0. The van der Waals surface area contributed by atoms with Gasteiger partial charge in [-0.2, -0.15) is 0 Å². The quantitative estimate of drug-likeness (QED) is 0.736. The molecule has 82 valence electrons. The second kappa shape index (κ2) is 5.32. The zero-order valence-corrected chi connectivity index (χ0v) is 8.90. The number of hydrogen-bond donors (Lipinski definition) is 1. The van der Waals surface area contributed by atoms with Gasteiger partial charge in [-0.05, 0) is 25.8 Å². The molecule has 2 atom stereocenters. The van der Waals surface area contributed by atoms with Crippen molar-refractivity contribution in [3.63, 3.8) is 0 Å². The number of nitrogens with zero attached hydrogens (tertiary/aromatic N) is 1. The Labute approximate surface area is 84.8 Å². The first kappa shape index (κ1) is 11.5. The maximum absolute atomic E-state index is 10.9. The number of methoxy groups -OCH3 is 1. The molecule has 1 N–H and O–H groups in total. The van der Waals surface area contributed by atoms with Gasteiger partial charge in [0.05, 0.1) is 6.10 Å². The van der Waals surface area contributed by atoms with E-state index in [-0.39, 0.29) is 12.1 Å². The lowest BCUT2D eigenvalue weighted by Gasteiger charge is -2.35. The molecule has 1 heterocycles. The Kier molecular flexibility index (Phi) is 4.35. The summed E-state index contributed by atoms with van der Waals surface area (Å²) in [6.45, 7) is 3.54. The molecule has 0 radical (unpaired) electrons. The smallest absolute Gasteiger partial charge is 0.320 e. The van der Waals surface area contributed by atoms with Crippen LogP contribution in [-0.2, 0) is 9.53 Å². The third kappa shape index (κ3) is 2.69. The molecule has 14 heavy (non-hydrogen) atoms. The number of carboxylic acid groups (broad SMARTS) is 1. The van der Waals surface area contributed by atoms with Gasteiger partial charge in [0.1, 0.15) is 6.04 Å². The summed E-state index contributed by atoms with van der Waals surface area (Å²) < 4.78 is 5.26. The molecule has 0 aromatic heterocycles. The highest BCUT2D eigenvalue weighted by Gasteiger charge is 2.28. The van der Waals surface area contributed by atoms with Crippen LogP contribution in [0.2, 0.25) is 0 Å². The third-order valence-electron chi connectivity index (χ3n) is 2.86. The number of piperidine rings is 1. The number of carbonyl (C=O) groups is 1. The van der Waals surface area contributed by atoms with E-state index < -0.39 is 5.97 Å². The Morgan fingerprint density at radius 1 is 1.71 bits per heavy atom. The summed E-state index contributed by atoms with van der Waals surface area (Å²) in [5, 5.41) is 9.00. The molecule has 1 saturated heterocycles. The predicted octanol–water partition coefficient (Wildman–Crippen LogP) is 0.960. The van der Waals surface area contributed by atoms with E-state index in [2.05, 4.69) is 0 Å². The van der Waals surface area contributed by atoms with Gasteiger partial charge >= 0.3 is 5.97 Å². The van der Waals surface area contributed by atoms with E-state index in [0.717, 1.165) is 25.9 Å². The van der Waals surface area contributed by atoms with Crippen molar-refractivity contribution in [1.82, 2.24) is 4.90 Å². The fourth-order valence-corrected chi connectivity index (χ4v) is 2.03. The van der Waals surface area contributed by atoms with E-state index in [1.807, 2.05) is 11.8 Å². The lowest BCUT2D eigenvalue weighted by molar-refractivity contribution is -0.144. The van der Waals surface area contributed by atoms with Gasteiger partial charge in [0.2, 0.25) is 0 Å². The minimum atomic E-state index is -0.718. The molecule has 1 fully saturated rings. The van der Waals surface area contributed by atoms with E-state index in [0.29, 0.717) is 6.42 Å². The summed E-state index contributed by atoms with van der Waals surface area (Å²) in [7, 11) is 1.69. The van der Waals surface area contributed by atoms with Crippen LogP contribution in [0.25, 0.3) is 0 Å². The zero-order chi connectivity index (χ0) is 10.6. The number of likely N-dealkylation sites (tertiary alicyclic amines) is 1. The highest BCUT2D eigenvalue weighted by Crippen LogP contribution is 2.16. The van der Waals surface area contributed by atoms with Crippen LogP contribution < -0.4 is 0 Å². The first-order valence-electron chi connectivity index (χ1n) is 5.18. The first-order chi connectivity index (χ1) is 6.69. The second-order valence-corrected chi connectivity index (χ2v) is 3.76. The minimum Gasteiger partial charge on any atom is -0.480 e. The minimum absolute atomic E-state index is 0.206. The number of ether oxygens (including phenoxy) is 1. The molecular formula is C10H19NO3. The van der Waals surface area contributed by atoms with E-state index >= 15 is 0 Å². The van der Waals surface area contributed by atoms with Crippen molar-refractivity contribution in [2.45, 2.75) is 38.3 Å². The monoisotopic (exact) mass is 201 g/mol. The number of carboxylic acids is 1. The van der Waals surface area contributed by atoms with Crippen LogP contribution in [-0.4, -0.2) is 48.3 Å². The van der Waals surface area contributed by atoms with Crippen molar-refractivity contribution in [1.29, 1.82) is 0 Å². The average molecular weight is 201 g/mol. The highest BCUT2D eigenvalue weighted by atomic mass is 16.5. The lowest BCUT2D eigenvalue weighted by Crippen LogP contribution is -2.48. The molecule has 0 aromatic rings. The number of hydrogen-bond acceptors (Lipinski definition) is 3. The maximum atomic E-state index is 10.9. The van der Waals surface area contributed by atoms with Crippen molar-refractivity contribution in [3.05, 3.63) is 0 Å². The maximum Gasteiger partial charge on any atom is 0.320 e. The zero-order valence-electron chi connectivity index (χ0n) is 8.90. The van der Waals surface area contributed by atoms with E-state index in [9.17, 15) is 4.79 Å². The Bertz CT molecular complexity index is 196. The van der Waals surface area contributed by atoms with Gasteiger partial charge in [-0.1, -0.05) is 6.92 Å². The van der Waals surface area contributed by atoms with Gasteiger partial charge in [-0.15, -0.1) is 0 Å². The van der Waals surface area contributed by atoms with Crippen molar-refractivity contribution >= 4 is 5.97 Å². The molecule has 0 aromatic carbocycles. The summed E-state index contributed by atoms with van der Waals surface area (Å²) >= 11 is 0. The Hall–Kier alpha value is -0.610. The van der Waals surface area contributed by atoms with E-state index in [1.54, 1.807) is 7.11 Å². The molecule has 0 amide bonds. The normalized spacial score (nSPS) is 26.0. The van der Waals surface area contributed by atoms with Crippen LogP contribution in [0.1, 0.15) is 26.2 Å². The molecule has 4 heteroatoms. The molecule has 0 spiro atoms. The van der Waals surface area contributed by atoms with Crippen LogP contribution in [0.15, 0.2) is 0 Å². The lowest BCUT2D eigenvalue weighted by atomic mass is 10.0. The highest BCUT2D eigenvalue weighted by molar-refractivity contribution is 5.73. The van der Waals surface area contributed by atoms with Gasteiger partial charge in [0.25, 0.3) is 0 Å². The van der Waals surface area contributed by atoms with Crippen LogP contribution in [0.5, 0.6) is 0 Å². The van der Waals surface area contributed by atoms with Crippen LogP contribution in [0, 0.1) is 0 Å². The van der Waals surface area contributed by atoms with Crippen LogP contribution >= 0.6 is 0 Å². The van der Waals surface area contributed by atoms with E-state index in [1.165, 1.54) is 0 Å². The summed E-state index contributed by atoms with van der Waals surface area (Å²) in [5.74, 6) is -0.718. The molecule has 4 nitrogen and oxygen atoms in total. The van der Waals surface area contributed by atoms with E-state index in [4.69, 9.17) is 9.84 Å². The molecule has 1 aliphatic heterocycles. The van der Waals surface area contributed by atoms with Crippen molar-refractivity contribution in [3.8, 4) is 0 Å². The Morgan fingerprint density at radius 3 is 2.93 bits per heavy atom. The van der Waals surface area contributed by atoms with Crippen molar-refractivity contribution in [2.24, 2.45) is 0 Å². The Balaban J connectivity index is 2.53. The largest absolute Gasteiger partial charge is 0.480 e. The fraction of sp³-hybridized carbons (Fsp3) is 0.900. The number of aliphatic carboxylic acids is 1. The van der Waals surface area contributed by atoms with Crippen molar-refractivity contribution < 1.29 is 14.6 Å². The molecule has 0 bridgehead atoms. The summed E-state index contributed by atoms with van der Waals surface area (Å²) in [5.41, 5.74) is 0. The molecule has 1 rings (SSSR count). The molecule has 0 saturated carbocycles. The third-order valence-corrected chi connectivity index (χ3v) is 2.86. The molecular weight excluding hydrogens is 182 g/mol. The van der Waals surface area contributed by atoms with Gasteiger partial charge in [-0.3, -0.25) is 9.69 Å². The molecule has 1 aliphatic rings.